The van der Waals surface area contributed by atoms with E-state index in [0.29, 0.717) is 25.0 Å². The number of amides is 1. The molecule has 3 aliphatic rings. The zero-order valence-corrected chi connectivity index (χ0v) is 14.2. The van der Waals surface area contributed by atoms with Crippen molar-refractivity contribution in [2.45, 2.75) is 39.5 Å². The standard InChI is InChI=1S/C20H20N2O2/c1-11-10-22-18-12(11)5-4-6-13(18)17-14(15(9-21)19(22)24)7-20(2,3)8-16(17)23/h4-6,11,15H,7-8,10H2,1-3H3. The molecule has 2 aliphatic heterocycles. The van der Waals surface area contributed by atoms with Gasteiger partial charge >= 0.3 is 0 Å². The van der Waals surface area contributed by atoms with E-state index in [4.69, 9.17) is 0 Å². The molecule has 0 spiro atoms. The molecule has 2 atom stereocenters. The van der Waals surface area contributed by atoms with Crippen LogP contribution in [-0.4, -0.2) is 18.2 Å². The number of Topliss-reactive ketones (excluding diaryl/α,β-unsaturated/α-hetero) is 1. The van der Waals surface area contributed by atoms with Crippen molar-refractivity contribution >= 4 is 23.0 Å². The Balaban J connectivity index is 2.06. The highest BCUT2D eigenvalue weighted by Gasteiger charge is 2.46. The normalized spacial score (nSPS) is 27.5. The van der Waals surface area contributed by atoms with Crippen LogP contribution in [0.2, 0.25) is 0 Å². The van der Waals surface area contributed by atoms with Crippen LogP contribution in [0.3, 0.4) is 0 Å². The Morgan fingerprint density at radius 1 is 1.25 bits per heavy atom. The monoisotopic (exact) mass is 320 g/mol. The van der Waals surface area contributed by atoms with Gasteiger partial charge in [-0.1, -0.05) is 39.0 Å². The van der Waals surface area contributed by atoms with E-state index in [1.807, 2.05) is 32.0 Å². The SMILES string of the molecule is CC1CN2C(=O)C(C#N)C3=C(C(=O)CC(C)(C)C3)c3cccc1c32. The molecule has 2 heterocycles. The van der Waals surface area contributed by atoms with Gasteiger partial charge in [-0.15, -0.1) is 0 Å². The lowest BCUT2D eigenvalue weighted by molar-refractivity contribution is -0.120. The van der Waals surface area contributed by atoms with Crippen molar-refractivity contribution < 1.29 is 9.59 Å². The highest BCUT2D eigenvalue weighted by molar-refractivity contribution is 6.27. The van der Waals surface area contributed by atoms with Crippen molar-refractivity contribution in [3.8, 4) is 6.07 Å². The Bertz CT molecular complexity index is 857. The molecule has 2 unspecified atom stereocenters. The predicted octanol–water partition coefficient (Wildman–Crippen LogP) is 3.43. The first-order valence-electron chi connectivity index (χ1n) is 8.44. The van der Waals surface area contributed by atoms with E-state index in [-0.39, 0.29) is 23.0 Å². The number of carbonyl (C=O) groups is 2. The van der Waals surface area contributed by atoms with Crippen molar-refractivity contribution in [2.75, 3.05) is 11.4 Å². The molecule has 122 valence electrons. The van der Waals surface area contributed by atoms with Gasteiger partial charge in [0.15, 0.2) is 5.78 Å². The third-order valence-corrected chi connectivity index (χ3v) is 5.49. The number of rotatable bonds is 0. The first-order valence-corrected chi connectivity index (χ1v) is 8.44. The Morgan fingerprint density at radius 3 is 2.71 bits per heavy atom. The van der Waals surface area contributed by atoms with E-state index in [2.05, 4.69) is 13.0 Å². The first kappa shape index (κ1) is 15.1. The number of para-hydroxylation sites is 1. The maximum atomic E-state index is 13.1. The van der Waals surface area contributed by atoms with Crippen LogP contribution < -0.4 is 4.90 Å². The minimum absolute atomic E-state index is 0.0594. The molecular weight excluding hydrogens is 300 g/mol. The fourth-order valence-electron chi connectivity index (χ4n) is 4.50. The molecule has 4 heteroatoms. The molecule has 0 fully saturated rings. The molecule has 1 aromatic carbocycles. The second-order valence-electron chi connectivity index (χ2n) is 8.00. The number of carbonyl (C=O) groups excluding carboxylic acids is 2. The van der Waals surface area contributed by atoms with Crippen LogP contribution in [0.1, 0.15) is 50.7 Å². The number of hydrogen-bond acceptors (Lipinski definition) is 3. The lowest BCUT2D eigenvalue weighted by Crippen LogP contribution is -2.36. The summed E-state index contributed by atoms with van der Waals surface area (Å²) in [5, 5.41) is 9.71. The molecule has 0 saturated carbocycles. The average Bonchev–Trinajstić information content (AvgIpc) is 2.79. The minimum atomic E-state index is -0.853. The van der Waals surface area contributed by atoms with Gasteiger partial charge in [0.05, 0.1) is 11.8 Å². The predicted molar refractivity (Wildman–Crippen MR) is 91.3 cm³/mol. The van der Waals surface area contributed by atoms with Crippen molar-refractivity contribution in [3.05, 3.63) is 34.9 Å². The van der Waals surface area contributed by atoms with Crippen LogP contribution in [0.4, 0.5) is 5.69 Å². The molecule has 0 N–H and O–H groups in total. The zero-order chi connectivity index (χ0) is 17.2. The summed E-state index contributed by atoms with van der Waals surface area (Å²) >= 11 is 0. The van der Waals surface area contributed by atoms with Crippen molar-refractivity contribution in [3.63, 3.8) is 0 Å². The molecule has 24 heavy (non-hydrogen) atoms. The van der Waals surface area contributed by atoms with Crippen LogP contribution in [0, 0.1) is 22.7 Å². The largest absolute Gasteiger partial charge is 0.309 e. The molecule has 4 rings (SSSR count). The Labute approximate surface area is 141 Å². The molecule has 0 bridgehead atoms. The number of allylic oxidation sites excluding steroid dienone is 1. The van der Waals surface area contributed by atoms with E-state index in [9.17, 15) is 14.9 Å². The number of fused-ring (bicyclic) bond motifs is 1. The molecule has 0 aromatic heterocycles. The van der Waals surface area contributed by atoms with Gasteiger partial charge in [0, 0.05) is 30.0 Å². The number of ketones is 1. The van der Waals surface area contributed by atoms with E-state index in [1.54, 1.807) is 4.90 Å². The van der Waals surface area contributed by atoms with Crippen molar-refractivity contribution in [2.24, 2.45) is 11.3 Å². The van der Waals surface area contributed by atoms with Crippen LogP contribution in [0.5, 0.6) is 0 Å². The lowest BCUT2D eigenvalue weighted by Gasteiger charge is -2.33. The van der Waals surface area contributed by atoms with Gasteiger partial charge in [-0.05, 0) is 23.0 Å². The highest BCUT2D eigenvalue weighted by Crippen LogP contribution is 2.51. The summed E-state index contributed by atoms with van der Waals surface area (Å²) in [6.45, 7) is 6.73. The molecule has 1 amide bonds. The van der Waals surface area contributed by atoms with Gasteiger partial charge in [0.2, 0.25) is 5.91 Å². The topological polar surface area (TPSA) is 61.2 Å². The highest BCUT2D eigenvalue weighted by atomic mass is 16.2. The van der Waals surface area contributed by atoms with Crippen LogP contribution in [0.15, 0.2) is 23.8 Å². The van der Waals surface area contributed by atoms with Gasteiger partial charge in [-0.25, -0.2) is 0 Å². The minimum Gasteiger partial charge on any atom is -0.309 e. The lowest BCUT2D eigenvalue weighted by atomic mass is 9.69. The Hall–Kier alpha value is -2.41. The summed E-state index contributed by atoms with van der Waals surface area (Å²) in [4.78, 5) is 27.8. The van der Waals surface area contributed by atoms with Crippen molar-refractivity contribution in [1.29, 1.82) is 5.26 Å². The Kier molecular flexibility index (Phi) is 3.02. The van der Waals surface area contributed by atoms with Crippen molar-refractivity contribution in [1.82, 2.24) is 0 Å². The number of nitrogens with zero attached hydrogens (tertiary/aromatic N) is 2. The second kappa shape index (κ2) is 4.80. The van der Waals surface area contributed by atoms with Gasteiger partial charge < -0.3 is 4.90 Å². The third-order valence-electron chi connectivity index (χ3n) is 5.49. The molecule has 1 aliphatic carbocycles. The average molecular weight is 320 g/mol. The summed E-state index contributed by atoms with van der Waals surface area (Å²) < 4.78 is 0. The second-order valence-corrected chi connectivity index (χ2v) is 8.00. The third kappa shape index (κ3) is 1.91. The number of anilines is 1. The zero-order valence-electron chi connectivity index (χ0n) is 14.2. The molecule has 4 nitrogen and oxygen atoms in total. The van der Waals surface area contributed by atoms with E-state index in [1.165, 1.54) is 0 Å². The Morgan fingerprint density at radius 2 is 2.00 bits per heavy atom. The van der Waals surface area contributed by atoms with Crippen LogP contribution in [-0.2, 0) is 9.59 Å². The first-order chi connectivity index (χ1) is 11.3. The summed E-state index contributed by atoms with van der Waals surface area (Å²) in [6, 6.07) is 8.11. The van der Waals surface area contributed by atoms with Crippen LogP contribution >= 0.6 is 0 Å². The number of nitriles is 1. The molecular formula is C20H20N2O2. The quantitative estimate of drug-likeness (QED) is 0.736. The molecule has 0 radical (unpaired) electrons. The molecule has 0 saturated heterocycles. The summed E-state index contributed by atoms with van der Waals surface area (Å²) in [5.74, 6) is -0.746. The van der Waals surface area contributed by atoms with E-state index < -0.39 is 5.92 Å². The summed E-state index contributed by atoms with van der Waals surface area (Å²) in [7, 11) is 0. The maximum Gasteiger partial charge on any atom is 0.248 e. The van der Waals surface area contributed by atoms with Gasteiger partial charge in [-0.3, -0.25) is 9.59 Å². The summed E-state index contributed by atoms with van der Waals surface area (Å²) in [6.07, 6.45) is 1.07. The number of benzene rings is 1. The fraction of sp³-hybridized carbons (Fsp3) is 0.450. The fourth-order valence-corrected chi connectivity index (χ4v) is 4.50. The number of hydrogen-bond donors (Lipinski definition) is 0. The van der Waals surface area contributed by atoms with Gasteiger partial charge in [0.25, 0.3) is 0 Å². The van der Waals surface area contributed by atoms with Crippen LogP contribution in [0.25, 0.3) is 5.57 Å². The summed E-state index contributed by atoms with van der Waals surface area (Å²) in [5.41, 5.74) is 3.94. The maximum absolute atomic E-state index is 13.1. The van der Waals surface area contributed by atoms with E-state index in [0.717, 1.165) is 22.4 Å². The van der Waals surface area contributed by atoms with E-state index >= 15 is 0 Å². The van der Waals surface area contributed by atoms with Gasteiger partial charge in [-0.2, -0.15) is 5.26 Å². The van der Waals surface area contributed by atoms with Gasteiger partial charge in [0.1, 0.15) is 5.92 Å². The smallest absolute Gasteiger partial charge is 0.248 e. The molecule has 1 aromatic rings.